The Morgan fingerprint density at radius 1 is 1.07 bits per heavy atom. The van der Waals surface area contributed by atoms with Gasteiger partial charge in [0, 0.05) is 42.5 Å². The first-order chi connectivity index (χ1) is 13.8. The predicted octanol–water partition coefficient (Wildman–Crippen LogP) is 3.36. The first-order valence-corrected chi connectivity index (χ1v) is 11.0. The average molecular weight is 414 g/mol. The molecule has 5 rings (SSSR count). The molecule has 0 aliphatic carbocycles. The van der Waals surface area contributed by atoms with Crippen molar-refractivity contribution in [3.8, 4) is 22.8 Å². The van der Waals surface area contributed by atoms with E-state index in [1.165, 1.54) is 0 Å². The van der Waals surface area contributed by atoms with Crippen molar-refractivity contribution in [3.63, 3.8) is 0 Å². The molecular formula is C20H19N3O3S2. The van der Waals surface area contributed by atoms with E-state index in [0.29, 0.717) is 24.6 Å². The van der Waals surface area contributed by atoms with Gasteiger partial charge in [0.2, 0.25) is 6.10 Å². The Labute approximate surface area is 170 Å². The maximum absolute atomic E-state index is 12.9. The highest BCUT2D eigenvalue weighted by molar-refractivity contribution is 7.14. The quantitative estimate of drug-likeness (QED) is 0.659. The van der Waals surface area contributed by atoms with Gasteiger partial charge in [0.25, 0.3) is 5.91 Å². The number of benzene rings is 1. The highest BCUT2D eigenvalue weighted by atomic mass is 32.1. The van der Waals surface area contributed by atoms with Crippen LogP contribution in [0.3, 0.4) is 0 Å². The summed E-state index contributed by atoms with van der Waals surface area (Å²) in [5.41, 5.74) is 2.18. The Morgan fingerprint density at radius 2 is 1.89 bits per heavy atom. The first kappa shape index (κ1) is 17.5. The minimum Gasteiger partial charge on any atom is -0.485 e. The molecule has 1 atom stereocenters. The molecule has 0 bridgehead atoms. The average Bonchev–Trinajstić information content (AvgIpc) is 3.45. The van der Waals surface area contributed by atoms with E-state index in [9.17, 15) is 4.79 Å². The zero-order valence-corrected chi connectivity index (χ0v) is 16.7. The second kappa shape index (κ2) is 7.44. The van der Waals surface area contributed by atoms with Crippen LogP contribution in [0.5, 0.6) is 11.5 Å². The summed E-state index contributed by atoms with van der Waals surface area (Å²) < 4.78 is 11.6. The standard InChI is InChI=1S/C20H19N3O3S2/c24-19(18-11-25-16-3-1-2-4-17(16)26-18)22-6-8-23(9-7-22)20-21-15(13-28-20)14-5-10-27-12-14/h1-5,10,12-13,18H,6-9,11H2. The number of fused-ring (bicyclic) bond motifs is 1. The Hall–Kier alpha value is -2.58. The molecule has 0 saturated carbocycles. The Bertz CT molecular complexity index is 965. The minimum atomic E-state index is -0.577. The lowest BCUT2D eigenvalue weighted by atomic mass is 10.2. The van der Waals surface area contributed by atoms with E-state index in [0.717, 1.165) is 29.5 Å². The number of nitrogens with zero attached hydrogens (tertiary/aromatic N) is 3. The molecule has 3 aromatic rings. The fourth-order valence-electron chi connectivity index (χ4n) is 3.42. The van der Waals surface area contributed by atoms with Gasteiger partial charge in [0.1, 0.15) is 6.61 Å². The molecule has 2 aromatic heterocycles. The highest BCUT2D eigenvalue weighted by Gasteiger charge is 2.33. The Balaban J connectivity index is 1.20. The smallest absolute Gasteiger partial charge is 0.267 e. The molecule has 0 radical (unpaired) electrons. The molecule has 6 nitrogen and oxygen atoms in total. The van der Waals surface area contributed by atoms with Crippen LogP contribution in [0.4, 0.5) is 5.13 Å². The van der Waals surface area contributed by atoms with Crippen molar-refractivity contribution in [2.45, 2.75) is 6.10 Å². The number of piperazine rings is 1. The summed E-state index contributed by atoms with van der Waals surface area (Å²) in [5.74, 6) is 1.32. The lowest BCUT2D eigenvalue weighted by Crippen LogP contribution is -2.54. The predicted molar refractivity (Wildman–Crippen MR) is 111 cm³/mol. The number of rotatable bonds is 3. The number of hydrogen-bond donors (Lipinski definition) is 0. The molecule has 144 valence electrons. The van der Waals surface area contributed by atoms with Gasteiger partial charge in [-0.3, -0.25) is 4.79 Å². The van der Waals surface area contributed by atoms with Gasteiger partial charge in [0.15, 0.2) is 16.6 Å². The fraction of sp³-hybridized carbons (Fsp3) is 0.300. The summed E-state index contributed by atoms with van der Waals surface area (Å²) in [6.45, 7) is 3.12. The topological polar surface area (TPSA) is 54.9 Å². The lowest BCUT2D eigenvalue weighted by Gasteiger charge is -2.37. The van der Waals surface area contributed by atoms with Gasteiger partial charge in [-0.2, -0.15) is 11.3 Å². The fourth-order valence-corrected chi connectivity index (χ4v) is 4.95. The molecular weight excluding hydrogens is 394 g/mol. The molecule has 28 heavy (non-hydrogen) atoms. The minimum absolute atomic E-state index is 0.00717. The highest BCUT2D eigenvalue weighted by Crippen LogP contribution is 2.32. The zero-order chi connectivity index (χ0) is 18.9. The van der Waals surface area contributed by atoms with Crippen LogP contribution >= 0.6 is 22.7 Å². The van der Waals surface area contributed by atoms with Crippen LogP contribution in [-0.4, -0.2) is 54.7 Å². The number of amides is 1. The van der Waals surface area contributed by atoms with Crippen molar-refractivity contribution >= 4 is 33.7 Å². The number of carbonyl (C=O) groups excluding carboxylic acids is 1. The van der Waals surface area contributed by atoms with Crippen LogP contribution < -0.4 is 14.4 Å². The number of ether oxygens (including phenoxy) is 2. The first-order valence-electron chi connectivity index (χ1n) is 9.18. The molecule has 1 unspecified atom stereocenters. The summed E-state index contributed by atoms with van der Waals surface area (Å²) in [7, 11) is 0. The van der Waals surface area contributed by atoms with Crippen LogP contribution in [0.1, 0.15) is 0 Å². The number of anilines is 1. The van der Waals surface area contributed by atoms with Crippen LogP contribution in [0.25, 0.3) is 11.3 Å². The second-order valence-electron chi connectivity index (χ2n) is 6.70. The van der Waals surface area contributed by atoms with Crippen molar-refractivity contribution in [1.29, 1.82) is 0 Å². The van der Waals surface area contributed by atoms with Crippen molar-refractivity contribution in [3.05, 3.63) is 46.5 Å². The summed E-state index contributed by atoms with van der Waals surface area (Å²) in [6, 6.07) is 9.55. The van der Waals surface area contributed by atoms with E-state index in [2.05, 4.69) is 27.1 Å². The maximum atomic E-state index is 12.9. The van der Waals surface area contributed by atoms with Crippen LogP contribution in [0.2, 0.25) is 0 Å². The summed E-state index contributed by atoms with van der Waals surface area (Å²) >= 11 is 3.33. The molecule has 1 saturated heterocycles. The summed E-state index contributed by atoms with van der Waals surface area (Å²) in [4.78, 5) is 21.7. The SMILES string of the molecule is O=C(C1COc2ccccc2O1)N1CCN(c2nc(-c3ccsc3)cs2)CC1. The van der Waals surface area contributed by atoms with Crippen molar-refractivity contribution in [2.24, 2.45) is 0 Å². The van der Waals surface area contributed by atoms with Gasteiger partial charge >= 0.3 is 0 Å². The summed E-state index contributed by atoms with van der Waals surface area (Å²) in [6.07, 6.45) is -0.577. The van der Waals surface area contributed by atoms with Crippen molar-refractivity contribution in [2.75, 3.05) is 37.7 Å². The van der Waals surface area contributed by atoms with Gasteiger partial charge in [-0.1, -0.05) is 12.1 Å². The largest absolute Gasteiger partial charge is 0.485 e. The summed E-state index contributed by atoms with van der Waals surface area (Å²) in [5, 5.41) is 7.28. The van der Waals surface area contributed by atoms with E-state index < -0.39 is 6.10 Å². The van der Waals surface area contributed by atoms with E-state index in [4.69, 9.17) is 14.5 Å². The normalized spacial score (nSPS) is 18.9. The maximum Gasteiger partial charge on any atom is 0.267 e. The molecule has 2 aliphatic rings. The number of aromatic nitrogens is 1. The van der Waals surface area contributed by atoms with Crippen LogP contribution in [-0.2, 0) is 4.79 Å². The molecule has 8 heteroatoms. The molecule has 1 aromatic carbocycles. The third kappa shape index (κ3) is 3.33. The number of carbonyl (C=O) groups is 1. The van der Waals surface area contributed by atoms with Gasteiger partial charge in [-0.15, -0.1) is 11.3 Å². The van der Waals surface area contributed by atoms with Gasteiger partial charge in [-0.05, 0) is 23.6 Å². The molecule has 1 fully saturated rings. The van der Waals surface area contributed by atoms with E-state index in [1.807, 2.05) is 29.2 Å². The van der Waals surface area contributed by atoms with E-state index in [-0.39, 0.29) is 12.5 Å². The number of thiazole rings is 1. The number of para-hydroxylation sites is 2. The third-order valence-electron chi connectivity index (χ3n) is 4.95. The van der Waals surface area contributed by atoms with Gasteiger partial charge < -0.3 is 19.3 Å². The van der Waals surface area contributed by atoms with Gasteiger partial charge in [-0.25, -0.2) is 4.98 Å². The van der Waals surface area contributed by atoms with Crippen molar-refractivity contribution in [1.82, 2.24) is 9.88 Å². The lowest BCUT2D eigenvalue weighted by molar-refractivity contribution is -0.141. The van der Waals surface area contributed by atoms with Gasteiger partial charge in [0.05, 0.1) is 5.69 Å². The van der Waals surface area contributed by atoms with E-state index >= 15 is 0 Å². The molecule has 0 spiro atoms. The Kier molecular flexibility index (Phi) is 4.66. The molecule has 0 N–H and O–H groups in total. The van der Waals surface area contributed by atoms with Crippen LogP contribution in [0, 0.1) is 0 Å². The number of hydrogen-bond acceptors (Lipinski definition) is 7. The van der Waals surface area contributed by atoms with E-state index in [1.54, 1.807) is 22.7 Å². The monoisotopic (exact) mass is 413 g/mol. The molecule has 1 amide bonds. The molecule has 4 heterocycles. The zero-order valence-electron chi connectivity index (χ0n) is 15.1. The molecule has 2 aliphatic heterocycles. The second-order valence-corrected chi connectivity index (χ2v) is 8.32. The van der Waals surface area contributed by atoms with Crippen LogP contribution in [0.15, 0.2) is 46.5 Å². The Morgan fingerprint density at radius 3 is 2.68 bits per heavy atom. The number of thiophene rings is 1. The third-order valence-corrected chi connectivity index (χ3v) is 6.54. The van der Waals surface area contributed by atoms with Crippen molar-refractivity contribution < 1.29 is 14.3 Å².